The summed E-state index contributed by atoms with van der Waals surface area (Å²) in [5.41, 5.74) is 0.649. The Morgan fingerprint density at radius 1 is 1.38 bits per heavy atom. The van der Waals surface area contributed by atoms with E-state index in [4.69, 9.17) is 11.6 Å². The third kappa shape index (κ3) is 4.40. The normalized spacial score (nSPS) is 17.6. The maximum absolute atomic E-state index is 11.0. The van der Waals surface area contributed by atoms with Crippen LogP contribution in [0.2, 0.25) is 5.02 Å². The SMILES string of the molecule is CC(CNCc1c(Cl)cccc1[N+](=O)[O-])N1CCCCC1. The molecule has 1 aliphatic heterocycles. The fraction of sp³-hybridized carbons (Fsp3) is 0.600. The topological polar surface area (TPSA) is 58.4 Å². The zero-order chi connectivity index (χ0) is 15.2. The second kappa shape index (κ2) is 7.73. The van der Waals surface area contributed by atoms with Crippen molar-refractivity contribution in [2.24, 2.45) is 0 Å². The van der Waals surface area contributed by atoms with Gasteiger partial charge in [0.05, 0.1) is 15.5 Å². The van der Waals surface area contributed by atoms with Gasteiger partial charge in [0.25, 0.3) is 5.69 Å². The Hall–Kier alpha value is -1.17. The highest BCUT2D eigenvalue weighted by Crippen LogP contribution is 2.25. The van der Waals surface area contributed by atoms with Gasteiger partial charge in [-0.3, -0.25) is 15.0 Å². The number of nitrogens with one attached hydrogen (secondary N) is 1. The summed E-state index contributed by atoms with van der Waals surface area (Å²) >= 11 is 6.08. The Kier molecular flexibility index (Phi) is 5.96. The van der Waals surface area contributed by atoms with Crippen molar-refractivity contribution in [3.05, 3.63) is 38.9 Å². The van der Waals surface area contributed by atoms with Gasteiger partial charge in [-0.25, -0.2) is 0 Å². The first-order valence-corrected chi connectivity index (χ1v) is 7.84. The average Bonchev–Trinajstić information content (AvgIpc) is 2.49. The summed E-state index contributed by atoms with van der Waals surface area (Å²) in [6, 6.07) is 5.24. The highest BCUT2D eigenvalue weighted by Gasteiger charge is 2.18. The summed E-state index contributed by atoms with van der Waals surface area (Å²) in [6.45, 7) is 5.72. The summed E-state index contributed by atoms with van der Waals surface area (Å²) in [4.78, 5) is 13.1. The Morgan fingerprint density at radius 2 is 2.10 bits per heavy atom. The van der Waals surface area contributed by atoms with Gasteiger partial charge in [0.2, 0.25) is 0 Å². The molecular formula is C15H22ClN3O2. The van der Waals surface area contributed by atoms with Crippen LogP contribution in [-0.2, 0) is 6.54 Å². The molecule has 6 heteroatoms. The molecule has 1 atom stereocenters. The minimum absolute atomic E-state index is 0.0839. The molecule has 1 fully saturated rings. The molecular weight excluding hydrogens is 290 g/mol. The van der Waals surface area contributed by atoms with E-state index in [1.165, 1.54) is 25.3 Å². The molecule has 0 aliphatic carbocycles. The Balaban J connectivity index is 1.89. The van der Waals surface area contributed by atoms with Gasteiger partial charge in [-0.15, -0.1) is 0 Å². The number of nitro benzene ring substituents is 1. The molecule has 116 valence electrons. The first kappa shape index (κ1) is 16.2. The molecule has 0 spiro atoms. The van der Waals surface area contributed by atoms with Crippen LogP contribution in [0.15, 0.2) is 18.2 Å². The van der Waals surface area contributed by atoms with E-state index in [-0.39, 0.29) is 10.6 Å². The second-order valence-electron chi connectivity index (χ2n) is 5.57. The first-order valence-electron chi connectivity index (χ1n) is 7.46. The van der Waals surface area contributed by atoms with Gasteiger partial charge >= 0.3 is 0 Å². The van der Waals surface area contributed by atoms with E-state index < -0.39 is 0 Å². The summed E-state index contributed by atoms with van der Waals surface area (Å²) < 4.78 is 0. The lowest BCUT2D eigenvalue weighted by atomic mass is 10.1. The largest absolute Gasteiger partial charge is 0.311 e. The third-order valence-corrected chi connectivity index (χ3v) is 4.40. The smallest absolute Gasteiger partial charge is 0.275 e. The Morgan fingerprint density at radius 3 is 2.76 bits per heavy atom. The van der Waals surface area contributed by atoms with Gasteiger partial charge < -0.3 is 5.32 Å². The maximum Gasteiger partial charge on any atom is 0.275 e. The van der Waals surface area contributed by atoms with Crippen LogP contribution in [0.25, 0.3) is 0 Å². The van der Waals surface area contributed by atoms with Gasteiger partial charge in [0.1, 0.15) is 0 Å². The van der Waals surface area contributed by atoms with Crippen LogP contribution in [0.4, 0.5) is 5.69 Å². The second-order valence-corrected chi connectivity index (χ2v) is 5.98. The first-order chi connectivity index (χ1) is 10.1. The van der Waals surface area contributed by atoms with Crippen molar-refractivity contribution in [2.75, 3.05) is 19.6 Å². The van der Waals surface area contributed by atoms with Gasteiger partial charge in [0.15, 0.2) is 0 Å². The molecule has 1 aromatic rings. The fourth-order valence-electron chi connectivity index (χ4n) is 2.79. The standard InChI is InChI=1S/C15H22ClN3O2/c1-12(18-8-3-2-4-9-18)10-17-11-13-14(16)6-5-7-15(13)19(20)21/h5-7,12,17H,2-4,8-11H2,1H3. The zero-order valence-electron chi connectivity index (χ0n) is 12.3. The summed E-state index contributed by atoms with van der Waals surface area (Å²) in [7, 11) is 0. The molecule has 0 amide bonds. The third-order valence-electron chi connectivity index (χ3n) is 4.05. The highest BCUT2D eigenvalue weighted by atomic mass is 35.5. The lowest BCUT2D eigenvalue weighted by Gasteiger charge is -2.32. The van der Waals surface area contributed by atoms with E-state index >= 15 is 0 Å². The molecule has 1 saturated heterocycles. The van der Waals surface area contributed by atoms with Crippen molar-refractivity contribution in [1.29, 1.82) is 0 Å². The molecule has 1 aromatic carbocycles. The van der Waals surface area contributed by atoms with Crippen LogP contribution in [0.3, 0.4) is 0 Å². The molecule has 1 heterocycles. The molecule has 0 saturated carbocycles. The van der Waals surface area contributed by atoms with Gasteiger partial charge in [0, 0.05) is 25.2 Å². The van der Waals surface area contributed by atoms with E-state index in [2.05, 4.69) is 17.1 Å². The monoisotopic (exact) mass is 311 g/mol. The fourth-order valence-corrected chi connectivity index (χ4v) is 3.02. The Labute approximate surface area is 130 Å². The quantitative estimate of drug-likeness (QED) is 0.647. The lowest BCUT2D eigenvalue weighted by Crippen LogP contribution is -2.43. The van der Waals surface area contributed by atoms with E-state index in [1.807, 2.05) is 0 Å². The van der Waals surface area contributed by atoms with E-state index in [0.29, 0.717) is 23.2 Å². The minimum Gasteiger partial charge on any atom is -0.311 e. The number of rotatable bonds is 6. The number of nitrogens with zero attached hydrogens (tertiary/aromatic N) is 2. The number of likely N-dealkylation sites (tertiary alicyclic amines) is 1. The Bertz CT molecular complexity index is 490. The van der Waals surface area contributed by atoms with Crippen LogP contribution < -0.4 is 5.32 Å². The minimum atomic E-state index is -0.378. The molecule has 1 aliphatic rings. The number of hydrogen-bond acceptors (Lipinski definition) is 4. The van der Waals surface area contributed by atoms with Gasteiger partial charge in [-0.1, -0.05) is 24.1 Å². The molecule has 1 N–H and O–H groups in total. The highest BCUT2D eigenvalue weighted by molar-refractivity contribution is 6.31. The van der Waals surface area contributed by atoms with Crippen molar-refractivity contribution in [1.82, 2.24) is 10.2 Å². The molecule has 0 radical (unpaired) electrons. The molecule has 2 rings (SSSR count). The van der Waals surface area contributed by atoms with E-state index in [1.54, 1.807) is 12.1 Å². The molecule has 1 unspecified atom stereocenters. The molecule has 5 nitrogen and oxygen atoms in total. The van der Waals surface area contributed by atoms with Crippen LogP contribution in [0, 0.1) is 10.1 Å². The van der Waals surface area contributed by atoms with Crippen molar-refractivity contribution in [3.8, 4) is 0 Å². The van der Waals surface area contributed by atoms with Gasteiger partial charge in [-0.2, -0.15) is 0 Å². The van der Waals surface area contributed by atoms with Crippen molar-refractivity contribution in [3.63, 3.8) is 0 Å². The van der Waals surface area contributed by atoms with Gasteiger partial charge in [-0.05, 0) is 38.9 Å². The average molecular weight is 312 g/mol. The maximum atomic E-state index is 11.0. The number of piperidine rings is 1. The number of benzene rings is 1. The molecule has 0 aromatic heterocycles. The lowest BCUT2D eigenvalue weighted by molar-refractivity contribution is -0.385. The predicted molar refractivity (Wildman–Crippen MR) is 84.7 cm³/mol. The molecule has 21 heavy (non-hydrogen) atoms. The number of hydrogen-bond donors (Lipinski definition) is 1. The van der Waals surface area contributed by atoms with Crippen LogP contribution in [0.1, 0.15) is 31.7 Å². The zero-order valence-corrected chi connectivity index (χ0v) is 13.1. The number of halogens is 1. The summed E-state index contributed by atoms with van der Waals surface area (Å²) in [5, 5.41) is 14.8. The van der Waals surface area contributed by atoms with E-state index in [0.717, 1.165) is 19.6 Å². The summed E-state index contributed by atoms with van der Waals surface area (Å²) in [5.74, 6) is 0. The van der Waals surface area contributed by atoms with Crippen molar-refractivity contribution < 1.29 is 4.92 Å². The van der Waals surface area contributed by atoms with Crippen molar-refractivity contribution in [2.45, 2.75) is 38.8 Å². The van der Waals surface area contributed by atoms with Crippen LogP contribution in [0.5, 0.6) is 0 Å². The van der Waals surface area contributed by atoms with Crippen LogP contribution in [-0.4, -0.2) is 35.5 Å². The summed E-state index contributed by atoms with van der Waals surface area (Å²) in [6.07, 6.45) is 3.85. The number of nitro groups is 1. The van der Waals surface area contributed by atoms with E-state index in [9.17, 15) is 10.1 Å². The predicted octanol–water partition coefficient (Wildman–Crippen LogP) is 3.21. The van der Waals surface area contributed by atoms with Crippen LogP contribution >= 0.6 is 11.6 Å². The molecule has 0 bridgehead atoms. The van der Waals surface area contributed by atoms with Crippen molar-refractivity contribution >= 4 is 17.3 Å².